The number of phenolic OH excluding ortho intramolecular Hbond substituents is 1. The van der Waals surface area contributed by atoms with E-state index in [0.717, 1.165) is 0 Å². The molecule has 0 aliphatic rings. The number of aromatic hydroxyl groups is 1. The van der Waals surface area contributed by atoms with Crippen LogP contribution in [0.5, 0.6) is 11.5 Å². The Morgan fingerprint density at radius 1 is 1.33 bits per heavy atom. The van der Waals surface area contributed by atoms with Crippen LogP contribution in [0.4, 0.5) is 0 Å². The minimum absolute atomic E-state index is 0.0172. The minimum atomic E-state index is -0.568. The lowest BCUT2D eigenvalue weighted by Gasteiger charge is -2.08. The SMILES string of the molecule is COC(=O)COc1cc(O)c2c(=O)c(-c3ccccn3)coc2c1. The van der Waals surface area contributed by atoms with E-state index in [9.17, 15) is 14.7 Å². The molecule has 122 valence electrons. The van der Waals surface area contributed by atoms with Crippen LogP contribution < -0.4 is 10.2 Å². The number of hydrogen-bond donors (Lipinski definition) is 1. The second-order valence-corrected chi connectivity index (χ2v) is 4.87. The summed E-state index contributed by atoms with van der Waals surface area (Å²) in [4.78, 5) is 27.8. The third kappa shape index (κ3) is 2.91. The van der Waals surface area contributed by atoms with Crippen molar-refractivity contribution in [2.45, 2.75) is 0 Å². The van der Waals surface area contributed by atoms with E-state index in [1.165, 1.54) is 25.5 Å². The number of esters is 1. The first-order chi connectivity index (χ1) is 11.6. The number of benzene rings is 1. The molecule has 1 aromatic carbocycles. The van der Waals surface area contributed by atoms with Crippen LogP contribution in [-0.4, -0.2) is 29.8 Å². The Labute approximate surface area is 136 Å². The van der Waals surface area contributed by atoms with Crippen LogP contribution in [0.2, 0.25) is 0 Å². The summed E-state index contributed by atoms with van der Waals surface area (Å²) in [5.74, 6) is -0.695. The molecule has 0 unspecified atom stereocenters. The summed E-state index contributed by atoms with van der Waals surface area (Å²) < 4.78 is 15.1. The number of fused-ring (bicyclic) bond motifs is 1. The molecule has 3 aromatic rings. The van der Waals surface area contributed by atoms with Crippen molar-refractivity contribution in [3.05, 3.63) is 53.0 Å². The summed E-state index contributed by atoms with van der Waals surface area (Å²) in [6.07, 6.45) is 2.83. The highest BCUT2D eigenvalue weighted by Gasteiger charge is 2.15. The first-order valence-electron chi connectivity index (χ1n) is 6.99. The van der Waals surface area contributed by atoms with E-state index in [2.05, 4.69) is 9.72 Å². The highest BCUT2D eigenvalue weighted by molar-refractivity contribution is 5.87. The van der Waals surface area contributed by atoms with Crippen LogP contribution in [0.1, 0.15) is 0 Å². The molecular weight excluding hydrogens is 314 g/mol. The van der Waals surface area contributed by atoms with Gasteiger partial charge in [0.2, 0.25) is 5.43 Å². The molecule has 0 amide bonds. The lowest BCUT2D eigenvalue weighted by Crippen LogP contribution is -2.12. The third-order valence-corrected chi connectivity index (χ3v) is 3.36. The average Bonchev–Trinajstić information content (AvgIpc) is 2.60. The van der Waals surface area contributed by atoms with E-state index in [1.807, 2.05) is 0 Å². The predicted octanol–water partition coefficient (Wildman–Crippen LogP) is 2.11. The maximum absolute atomic E-state index is 12.6. The minimum Gasteiger partial charge on any atom is -0.507 e. The summed E-state index contributed by atoms with van der Waals surface area (Å²) in [6, 6.07) is 7.80. The normalized spacial score (nSPS) is 10.5. The fraction of sp³-hybridized carbons (Fsp3) is 0.118. The van der Waals surface area contributed by atoms with Gasteiger partial charge in [-0.1, -0.05) is 6.07 Å². The smallest absolute Gasteiger partial charge is 0.343 e. The molecule has 3 rings (SSSR count). The topological polar surface area (TPSA) is 98.9 Å². The number of hydrogen-bond acceptors (Lipinski definition) is 7. The quantitative estimate of drug-likeness (QED) is 0.733. The monoisotopic (exact) mass is 327 g/mol. The molecule has 2 heterocycles. The summed E-state index contributed by atoms with van der Waals surface area (Å²) in [7, 11) is 1.24. The van der Waals surface area contributed by atoms with Gasteiger partial charge in [0.15, 0.2) is 6.61 Å². The molecule has 0 bridgehead atoms. The number of carbonyl (C=O) groups is 1. The van der Waals surface area contributed by atoms with Crippen LogP contribution in [0, 0.1) is 0 Å². The van der Waals surface area contributed by atoms with Gasteiger partial charge in [-0.05, 0) is 12.1 Å². The molecule has 24 heavy (non-hydrogen) atoms. The fourth-order valence-electron chi connectivity index (χ4n) is 2.19. The first-order valence-corrected chi connectivity index (χ1v) is 6.99. The number of nitrogens with zero attached hydrogens (tertiary/aromatic N) is 1. The molecule has 2 aromatic heterocycles. The predicted molar refractivity (Wildman–Crippen MR) is 84.9 cm³/mol. The maximum Gasteiger partial charge on any atom is 0.343 e. The summed E-state index contributed by atoms with van der Waals surface area (Å²) in [6.45, 7) is -0.322. The van der Waals surface area contributed by atoms with Crippen molar-refractivity contribution in [1.29, 1.82) is 0 Å². The number of methoxy groups -OCH3 is 1. The van der Waals surface area contributed by atoms with Crippen molar-refractivity contribution in [2.24, 2.45) is 0 Å². The Morgan fingerprint density at radius 3 is 2.88 bits per heavy atom. The summed E-state index contributed by atoms with van der Waals surface area (Å²) in [5.41, 5.74) is 0.409. The average molecular weight is 327 g/mol. The highest BCUT2D eigenvalue weighted by Crippen LogP contribution is 2.29. The van der Waals surface area contributed by atoms with E-state index in [0.29, 0.717) is 5.69 Å². The number of phenols is 1. The Bertz CT molecular complexity index is 948. The fourth-order valence-corrected chi connectivity index (χ4v) is 2.19. The summed E-state index contributed by atoms with van der Waals surface area (Å²) >= 11 is 0. The Balaban J connectivity index is 2.05. The van der Waals surface area contributed by atoms with Gasteiger partial charge >= 0.3 is 5.97 Å². The molecule has 0 atom stereocenters. The number of rotatable bonds is 4. The van der Waals surface area contributed by atoms with Crippen LogP contribution in [0.25, 0.3) is 22.2 Å². The van der Waals surface area contributed by atoms with Crippen LogP contribution in [0.15, 0.2) is 52.0 Å². The van der Waals surface area contributed by atoms with Gasteiger partial charge in [0, 0.05) is 18.3 Å². The molecule has 0 fully saturated rings. The van der Waals surface area contributed by atoms with Gasteiger partial charge < -0.3 is 19.0 Å². The zero-order chi connectivity index (χ0) is 17.1. The second kappa shape index (κ2) is 6.41. The lowest BCUT2D eigenvalue weighted by molar-refractivity contribution is -0.142. The second-order valence-electron chi connectivity index (χ2n) is 4.87. The van der Waals surface area contributed by atoms with Crippen molar-refractivity contribution < 1.29 is 23.8 Å². The van der Waals surface area contributed by atoms with E-state index in [4.69, 9.17) is 9.15 Å². The zero-order valence-electron chi connectivity index (χ0n) is 12.7. The molecule has 0 aliphatic carbocycles. The standard InChI is InChI=1S/C17H13NO6/c1-22-15(20)9-23-10-6-13(19)16-14(7-10)24-8-11(17(16)21)12-4-2-3-5-18-12/h2-8,19H,9H2,1H3. The highest BCUT2D eigenvalue weighted by atomic mass is 16.6. The molecule has 0 radical (unpaired) electrons. The first kappa shape index (κ1) is 15.5. The van der Waals surface area contributed by atoms with E-state index >= 15 is 0 Å². The molecule has 7 nitrogen and oxygen atoms in total. The van der Waals surface area contributed by atoms with Crippen LogP contribution in [0.3, 0.4) is 0 Å². The van der Waals surface area contributed by atoms with Gasteiger partial charge in [0.05, 0.1) is 18.4 Å². The molecule has 0 saturated heterocycles. The van der Waals surface area contributed by atoms with Crippen molar-refractivity contribution >= 4 is 16.9 Å². The molecule has 0 spiro atoms. The van der Waals surface area contributed by atoms with E-state index in [-0.39, 0.29) is 34.6 Å². The van der Waals surface area contributed by atoms with Gasteiger partial charge in [-0.2, -0.15) is 0 Å². The summed E-state index contributed by atoms with van der Waals surface area (Å²) in [5, 5.41) is 10.2. The van der Waals surface area contributed by atoms with E-state index in [1.54, 1.807) is 24.4 Å². The van der Waals surface area contributed by atoms with Gasteiger partial charge in [-0.3, -0.25) is 9.78 Å². The molecule has 7 heteroatoms. The number of ether oxygens (including phenoxy) is 2. The van der Waals surface area contributed by atoms with E-state index < -0.39 is 11.4 Å². The van der Waals surface area contributed by atoms with Crippen LogP contribution >= 0.6 is 0 Å². The van der Waals surface area contributed by atoms with Crippen molar-refractivity contribution in [3.8, 4) is 22.8 Å². The lowest BCUT2D eigenvalue weighted by atomic mass is 10.1. The maximum atomic E-state index is 12.6. The molecule has 0 saturated carbocycles. The van der Waals surface area contributed by atoms with Crippen molar-refractivity contribution in [2.75, 3.05) is 13.7 Å². The van der Waals surface area contributed by atoms with Crippen LogP contribution in [-0.2, 0) is 9.53 Å². The van der Waals surface area contributed by atoms with Gasteiger partial charge in [0.25, 0.3) is 0 Å². The molecule has 0 aliphatic heterocycles. The number of pyridine rings is 1. The van der Waals surface area contributed by atoms with Crippen molar-refractivity contribution in [3.63, 3.8) is 0 Å². The van der Waals surface area contributed by atoms with Gasteiger partial charge in [-0.25, -0.2) is 4.79 Å². The number of aromatic nitrogens is 1. The zero-order valence-corrected chi connectivity index (χ0v) is 12.7. The molecular formula is C17H13NO6. The third-order valence-electron chi connectivity index (χ3n) is 3.36. The molecule has 1 N–H and O–H groups in total. The van der Waals surface area contributed by atoms with Crippen molar-refractivity contribution in [1.82, 2.24) is 4.98 Å². The largest absolute Gasteiger partial charge is 0.507 e. The Morgan fingerprint density at radius 2 is 2.17 bits per heavy atom. The Kier molecular flexibility index (Phi) is 4.15. The van der Waals surface area contributed by atoms with Gasteiger partial charge in [-0.15, -0.1) is 0 Å². The van der Waals surface area contributed by atoms with Gasteiger partial charge in [0.1, 0.15) is 28.7 Å². The number of carbonyl (C=O) groups excluding carboxylic acids is 1. The Hall–Kier alpha value is -3.35.